The zero-order chi connectivity index (χ0) is 24.7. The van der Waals surface area contributed by atoms with Gasteiger partial charge < -0.3 is 10.6 Å². The van der Waals surface area contributed by atoms with E-state index in [0.717, 1.165) is 25.1 Å². The third kappa shape index (κ3) is 4.06. The van der Waals surface area contributed by atoms with Crippen molar-refractivity contribution < 1.29 is 0 Å². The molecular weight excluding hydrogens is 444 g/mol. The maximum absolute atomic E-state index is 13.8. The van der Waals surface area contributed by atoms with Gasteiger partial charge in [0, 0.05) is 37.8 Å². The lowest BCUT2D eigenvalue weighted by atomic mass is 9.90. The molecule has 182 valence electrons. The number of aryl methyl sites for hydroxylation is 1. The lowest BCUT2D eigenvalue weighted by Gasteiger charge is -2.31. The van der Waals surface area contributed by atoms with Gasteiger partial charge in [-0.15, -0.1) is 5.92 Å². The van der Waals surface area contributed by atoms with E-state index in [0.29, 0.717) is 36.0 Å². The first kappa shape index (κ1) is 23.1. The molecule has 2 aliphatic heterocycles. The summed E-state index contributed by atoms with van der Waals surface area (Å²) < 4.78 is 4.43. The number of piperidine rings is 1. The van der Waals surface area contributed by atoms with Crippen LogP contribution in [0.2, 0.25) is 0 Å². The van der Waals surface area contributed by atoms with E-state index in [2.05, 4.69) is 27.8 Å². The van der Waals surface area contributed by atoms with Crippen molar-refractivity contribution in [3.63, 3.8) is 0 Å². The fourth-order valence-electron chi connectivity index (χ4n) is 5.04. The van der Waals surface area contributed by atoms with E-state index in [9.17, 15) is 9.59 Å². The zero-order valence-electron chi connectivity index (χ0n) is 20.3. The summed E-state index contributed by atoms with van der Waals surface area (Å²) in [5.74, 6) is 7.14. The second-order valence-electron chi connectivity index (χ2n) is 9.26. The van der Waals surface area contributed by atoms with Gasteiger partial charge in [0.15, 0.2) is 11.2 Å². The molecular formula is C25H30N8O2. The molecule has 2 unspecified atom stereocenters. The van der Waals surface area contributed by atoms with Crippen molar-refractivity contribution in [3.8, 4) is 11.8 Å². The van der Waals surface area contributed by atoms with Crippen LogP contribution in [0.15, 0.2) is 43.9 Å². The molecule has 0 bridgehead atoms. The zero-order valence-corrected chi connectivity index (χ0v) is 20.3. The Labute approximate surface area is 203 Å². The number of nitrogens with two attached hydrogens (primary N) is 1. The van der Waals surface area contributed by atoms with Crippen LogP contribution in [0.4, 0.5) is 5.95 Å². The number of anilines is 1. The van der Waals surface area contributed by atoms with E-state index in [-0.39, 0.29) is 24.5 Å². The van der Waals surface area contributed by atoms with Crippen LogP contribution in [-0.2, 0) is 20.1 Å². The number of rotatable bonds is 4. The summed E-state index contributed by atoms with van der Waals surface area (Å²) in [6.07, 6.45) is 9.92. The summed E-state index contributed by atoms with van der Waals surface area (Å²) in [5.41, 5.74) is 6.95. The number of amidine groups is 1. The van der Waals surface area contributed by atoms with Gasteiger partial charge in [-0.1, -0.05) is 30.2 Å². The second-order valence-corrected chi connectivity index (χ2v) is 9.26. The third-order valence-corrected chi connectivity index (χ3v) is 6.86. The number of allylic oxidation sites excluding steroid dienone is 2. The lowest BCUT2D eigenvalue weighted by molar-refractivity contribution is 0.496. The van der Waals surface area contributed by atoms with Crippen LogP contribution in [0.3, 0.4) is 0 Å². The molecule has 2 N–H and O–H groups in total. The van der Waals surface area contributed by atoms with Gasteiger partial charge in [0.1, 0.15) is 5.84 Å². The molecule has 2 aromatic rings. The summed E-state index contributed by atoms with van der Waals surface area (Å²) in [6.45, 7) is 5.42. The topological polar surface area (TPSA) is 116 Å². The Kier molecular flexibility index (Phi) is 6.03. The number of hydrogen-bond acceptors (Lipinski definition) is 7. The quantitative estimate of drug-likeness (QED) is 0.659. The van der Waals surface area contributed by atoms with Crippen molar-refractivity contribution in [1.29, 1.82) is 0 Å². The van der Waals surface area contributed by atoms with Crippen LogP contribution in [-0.4, -0.2) is 55.4 Å². The van der Waals surface area contributed by atoms with E-state index >= 15 is 0 Å². The minimum absolute atomic E-state index is 0.00583. The highest BCUT2D eigenvalue weighted by atomic mass is 16.2. The Balaban J connectivity index is 1.63. The van der Waals surface area contributed by atoms with Crippen molar-refractivity contribution in [3.05, 3.63) is 45.1 Å². The Morgan fingerprint density at radius 3 is 2.77 bits per heavy atom. The van der Waals surface area contributed by atoms with Crippen LogP contribution in [0.1, 0.15) is 26.7 Å². The first-order valence-corrected chi connectivity index (χ1v) is 12.0. The molecule has 4 heterocycles. The molecule has 3 atom stereocenters. The van der Waals surface area contributed by atoms with E-state index in [1.165, 1.54) is 9.13 Å². The largest absolute Gasteiger partial charge is 0.341 e. The van der Waals surface area contributed by atoms with Gasteiger partial charge in [0.2, 0.25) is 5.95 Å². The van der Waals surface area contributed by atoms with Crippen molar-refractivity contribution in [1.82, 2.24) is 18.7 Å². The van der Waals surface area contributed by atoms with Crippen molar-refractivity contribution in [2.45, 2.75) is 51.9 Å². The number of fused-ring (bicyclic) bond motifs is 2. The first-order chi connectivity index (χ1) is 16.9. The molecule has 3 aliphatic rings. The predicted octanol–water partition coefficient (Wildman–Crippen LogP) is 0.831. The van der Waals surface area contributed by atoms with Crippen LogP contribution >= 0.6 is 0 Å². The third-order valence-electron chi connectivity index (χ3n) is 6.86. The van der Waals surface area contributed by atoms with Gasteiger partial charge in [-0.3, -0.25) is 23.5 Å². The fraction of sp³-hybridized carbons (Fsp3) is 0.480. The summed E-state index contributed by atoms with van der Waals surface area (Å²) in [4.78, 5) is 43.2. The van der Waals surface area contributed by atoms with E-state index in [1.54, 1.807) is 14.0 Å². The summed E-state index contributed by atoms with van der Waals surface area (Å²) in [5, 5.41) is 0. The van der Waals surface area contributed by atoms with Gasteiger partial charge >= 0.3 is 5.69 Å². The number of aliphatic imine (C=N–C) groups is 2. The molecule has 10 nitrogen and oxygen atoms in total. The highest BCUT2D eigenvalue weighted by Crippen LogP contribution is 2.24. The van der Waals surface area contributed by atoms with Crippen molar-refractivity contribution in [2.75, 3.05) is 18.0 Å². The smallest absolute Gasteiger partial charge is 0.332 e. The number of aromatic nitrogens is 4. The average molecular weight is 475 g/mol. The average Bonchev–Trinajstić information content (AvgIpc) is 3.24. The van der Waals surface area contributed by atoms with Crippen LogP contribution in [0, 0.1) is 17.8 Å². The van der Waals surface area contributed by atoms with E-state index in [4.69, 9.17) is 15.7 Å². The van der Waals surface area contributed by atoms with Gasteiger partial charge in [-0.05, 0) is 26.7 Å². The lowest BCUT2D eigenvalue weighted by Crippen LogP contribution is -2.44. The minimum Gasteiger partial charge on any atom is -0.341 e. The maximum Gasteiger partial charge on any atom is 0.332 e. The van der Waals surface area contributed by atoms with Crippen LogP contribution < -0.4 is 21.9 Å². The highest BCUT2D eigenvalue weighted by Gasteiger charge is 2.28. The molecule has 0 saturated carbocycles. The molecule has 35 heavy (non-hydrogen) atoms. The molecule has 1 aliphatic carbocycles. The summed E-state index contributed by atoms with van der Waals surface area (Å²) in [6, 6.07) is -0.0382. The van der Waals surface area contributed by atoms with Crippen molar-refractivity contribution in [2.24, 2.45) is 28.7 Å². The number of nitrogens with zero attached hydrogens (tertiary/aromatic N) is 7. The minimum atomic E-state index is -0.452. The molecule has 5 rings (SSSR count). The second kappa shape index (κ2) is 9.15. The first-order valence-electron chi connectivity index (χ1n) is 12.0. The van der Waals surface area contributed by atoms with Crippen molar-refractivity contribution >= 4 is 28.7 Å². The SMILES string of the molecule is CC#CCn1c(N2CCC[C@@H](N)C2)nc2c1c(=O)n(CC1=NC3C=CC=CC3C(C)=N1)c(=O)n2C. The Morgan fingerprint density at radius 2 is 2.00 bits per heavy atom. The standard InChI is InChI=1S/C25H30N8O2/c1-4-5-13-32-21-22(29-24(32)31-12-8-9-17(26)14-31)30(3)25(35)33(23(21)34)15-20-27-16(2)18-10-6-7-11-19(18)28-20/h6-7,10-11,17-19H,8-9,12-15,26H2,1-3H3/t17-,18?,19?/m1/s1. The van der Waals surface area contributed by atoms with E-state index in [1.807, 2.05) is 29.7 Å². The Morgan fingerprint density at radius 1 is 1.20 bits per heavy atom. The highest BCUT2D eigenvalue weighted by molar-refractivity contribution is 6.01. The number of imidazole rings is 1. The van der Waals surface area contributed by atoms with Gasteiger partial charge in [0.05, 0.1) is 19.1 Å². The van der Waals surface area contributed by atoms with Gasteiger partial charge in [-0.2, -0.15) is 4.98 Å². The van der Waals surface area contributed by atoms with Crippen LogP contribution in [0.5, 0.6) is 0 Å². The Hall–Kier alpha value is -3.71. The monoisotopic (exact) mass is 474 g/mol. The normalized spacial score (nSPS) is 23.5. The van der Waals surface area contributed by atoms with E-state index < -0.39 is 11.2 Å². The van der Waals surface area contributed by atoms with Gasteiger partial charge in [0.25, 0.3) is 5.56 Å². The molecule has 1 saturated heterocycles. The molecule has 0 aromatic carbocycles. The summed E-state index contributed by atoms with van der Waals surface area (Å²) in [7, 11) is 1.64. The van der Waals surface area contributed by atoms with Crippen LogP contribution in [0.25, 0.3) is 11.2 Å². The fourth-order valence-corrected chi connectivity index (χ4v) is 5.04. The molecule has 1 fully saturated rings. The maximum atomic E-state index is 13.8. The number of hydrogen-bond donors (Lipinski definition) is 1. The molecule has 0 radical (unpaired) electrons. The molecule has 2 aromatic heterocycles. The molecule has 0 amide bonds. The summed E-state index contributed by atoms with van der Waals surface area (Å²) >= 11 is 0. The predicted molar refractivity (Wildman–Crippen MR) is 138 cm³/mol. The van der Waals surface area contributed by atoms with Gasteiger partial charge in [-0.25, -0.2) is 9.79 Å². The molecule has 0 spiro atoms. The molecule has 10 heteroatoms. The Bertz CT molecular complexity index is 1470.